The maximum absolute atomic E-state index is 10.9. The van der Waals surface area contributed by atoms with Crippen LogP contribution < -0.4 is 0 Å². The molecule has 1 saturated heterocycles. The molecular formula is C18H21N5O2. The first-order chi connectivity index (χ1) is 12.1. The molecule has 0 amide bonds. The molecule has 0 bridgehead atoms. The zero-order valence-electron chi connectivity index (χ0n) is 14.1. The van der Waals surface area contributed by atoms with Crippen LogP contribution in [0.3, 0.4) is 0 Å². The maximum atomic E-state index is 10.9. The number of benzene rings is 1. The summed E-state index contributed by atoms with van der Waals surface area (Å²) in [7, 11) is 0. The highest BCUT2D eigenvalue weighted by molar-refractivity contribution is 5.53. The normalized spacial score (nSPS) is 21.5. The molecule has 1 unspecified atom stereocenters. The van der Waals surface area contributed by atoms with Crippen molar-refractivity contribution in [3.63, 3.8) is 0 Å². The second kappa shape index (κ2) is 6.42. The van der Waals surface area contributed by atoms with Crippen molar-refractivity contribution in [3.8, 4) is 11.5 Å². The van der Waals surface area contributed by atoms with Crippen LogP contribution in [0.15, 0.2) is 40.9 Å². The summed E-state index contributed by atoms with van der Waals surface area (Å²) < 4.78 is 5.84. The number of likely N-dealkylation sites (tertiary alicyclic amines) is 1. The van der Waals surface area contributed by atoms with Gasteiger partial charge < -0.3 is 9.52 Å². The van der Waals surface area contributed by atoms with Crippen molar-refractivity contribution >= 4 is 0 Å². The Hall–Kier alpha value is -2.51. The molecule has 7 heteroatoms. The second-order valence-electron chi connectivity index (χ2n) is 6.59. The van der Waals surface area contributed by atoms with Crippen molar-refractivity contribution < 1.29 is 9.52 Å². The number of aromatic nitrogens is 4. The molecule has 0 radical (unpaired) electrons. The lowest BCUT2D eigenvalue weighted by Crippen LogP contribution is -2.46. The molecule has 1 aromatic carbocycles. The van der Waals surface area contributed by atoms with E-state index >= 15 is 0 Å². The minimum Gasteiger partial charge on any atom is -0.441 e. The fourth-order valence-electron chi connectivity index (χ4n) is 3.38. The van der Waals surface area contributed by atoms with E-state index in [0.717, 1.165) is 30.0 Å². The van der Waals surface area contributed by atoms with Gasteiger partial charge in [-0.2, -0.15) is 15.4 Å². The number of aliphatic hydroxyl groups is 1. The Morgan fingerprint density at radius 1 is 1.32 bits per heavy atom. The van der Waals surface area contributed by atoms with Crippen LogP contribution in [-0.4, -0.2) is 43.5 Å². The zero-order valence-corrected chi connectivity index (χ0v) is 14.1. The van der Waals surface area contributed by atoms with Crippen molar-refractivity contribution in [2.45, 2.75) is 31.9 Å². The van der Waals surface area contributed by atoms with Gasteiger partial charge in [0.25, 0.3) is 0 Å². The van der Waals surface area contributed by atoms with Gasteiger partial charge >= 0.3 is 0 Å². The van der Waals surface area contributed by atoms with Crippen LogP contribution in [0.1, 0.15) is 30.0 Å². The fraction of sp³-hybridized carbons (Fsp3) is 0.389. The van der Waals surface area contributed by atoms with Crippen LogP contribution in [0.25, 0.3) is 11.5 Å². The van der Waals surface area contributed by atoms with Gasteiger partial charge in [0.05, 0.1) is 11.9 Å². The maximum Gasteiger partial charge on any atom is 0.226 e. The topological polar surface area (TPSA) is 91.1 Å². The number of piperidine rings is 1. The quantitative estimate of drug-likeness (QED) is 0.757. The summed E-state index contributed by atoms with van der Waals surface area (Å²) in [5, 5.41) is 21.4. The van der Waals surface area contributed by atoms with Crippen LogP contribution in [0.5, 0.6) is 0 Å². The molecule has 1 atom stereocenters. The third-order valence-corrected chi connectivity index (χ3v) is 4.73. The highest BCUT2D eigenvalue weighted by Gasteiger charge is 2.37. The summed E-state index contributed by atoms with van der Waals surface area (Å²) >= 11 is 0. The monoisotopic (exact) mass is 339 g/mol. The Bertz CT molecular complexity index is 831. The summed E-state index contributed by atoms with van der Waals surface area (Å²) in [6.07, 6.45) is 3.17. The van der Waals surface area contributed by atoms with E-state index in [1.807, 2.05) is 37.3 Å². The first-order valence-corrected chi connectivity index (χ1v) is 8.47. The molecule has 0 saturated carbocycles. The average molecular weight is 339 g/mol. The van der Waals surface area contributed by atoms with Gasteiger partial charge in [-0.25, -0.2) is 4.98 Å². The summed E-state index contributed by atoms with van der Waals surface area (Å²) in [5.74, 6) is 1.45. The Labute approximate surface area is 145 Å². The van der Waals surface area contributed by atoms with Crippen LogP contribution in [0.2, 0.25) is 0 Å². The first kappa shape index (κ1) is 16.0. The minimum atomic E-state index is -0.967. The SMILES string of the molecule is Cc1oc(-c2ccccc2)nc1CN1CCCC(O)(c2cn[nH]n2)C1. The van der Waals surface area contributed by atoms with Gasteiger partial charge in [0.15, 0.2) is 0 Å². The summed E-state index contributed by atoms with van der Waals surface area (Å²) in [4.78, 5) is 6.85. The molecule has 3 heterocycles. The number of hydrogen-bond acceptors (Lipinski definition) is 6. The van der Waals surface area contributed by atoms with Gasteiger partial charge in [0.2, 0.25) is 5.89 Å². The highest BCUT2D eigenvalue weighted by Crippen LogP contribution is 2.31. The van der Waals surface area contributed by atoms with Crippen molar-refractivity contribution in [2.75, 3.05) is 13.1 Å². The van der Waals surface area contributed by atoms with E-state index in [4.69, 9.17) is 4.42 Å². The van der Waals surface area contributed by atoms with E-state index < -0.39 is 5.60 Å². The molecule has 3 aromatic rings. The highest BCUT2D eigenvalue weighted by atomic mass is 16.4. The molecule has 1 aliphatic heterocycles. The second-order valence-corrected chi connectivity index (χ2v) is 6.59. The number of hydrogen-bond donors (Lipinski definition) is 2. The number of aromatic amines is 1. The number of rotatable bonds is 4. The summed E-state index contributed by atoms with van der Waals surface area (Å²) in [6, 6.07) is 9.88. The van der Waals surface area contributed by atoms with Gasteiger partial charge in [0.1, 0.15) is 17.1 Å². The number of nitrogens with zero attached hydrogens (tertiary/aromatic N) is 4. The lowest BCUT2D eigenvalue weighted by atomic mass is 9.90. The van der Waals surface area contributed by atoms with Crippen molar-refractivity contribution in [2.24, 2.45) is 0 Å². The standard InChI is InChI=1S/C18H21N5O2/c1-13-15(20-17(25-13)14-6-3-2-4-7-14)11-23-9-5-8-18(24,12-23)16-10-19-22-21-16/h2-4,6-7,10,24H,5,8-9,11-12H2,1H3,(H,19,21,22). The van der Waals surface area contributed by atoms with E-state index in [0.29, 0.717) is 31.1 Å². The summed E-state index contributed by atoms with van der Waals surface area (Å²) in [6.45, 7) is 3.99. The van der Waals surface area contributed by atoms with Crippen LogP contribution in [-0.2, 0) is 12.1 Å². The Morgan fingerprint density at radius 2 is 2.16 bits per heavy atom. The van der Waals surface area contributed by atoms with Crippen LogP contribution in [0, 0.1) is 6.92 Å². The number of nitrogens with one attached hydrogen (secondary N) is 1. The van der Waals surface area contributed by atoms with E-state index in [1.165, 1.54) is 0 Å². The van der Waals surface area contributed by atoms with Gasteiger partial charge in [-0.1, -0.05) is 18.2 Å². The molecule has 130 valence electrons. The van der Waals surface area contributed by atoms with E-state index in [9.17, 15) is 5.11 Å². The third-order valence-electron chi connectivity index (χ3n) is 4.73. The molecule has 2 N–H and O–H groups in total. The predicted octanol–water partition coefficient (Wildman–Crippen LogP) is 2.25. The molecule has 25 heavy (non-hydrogen) atoms. The lowest BCUT2D eigenvalue weighted by molar-refractivity contribution is -0.0417. The number of β-amino-alcohol motifs (C(OH)–C–C–N with tert-alkyl or cyclic N) is 1. The van der Waals surface area contributed by atoms with E-state index in [2.05, 4.69) is 25.3 Å². The molecule has 4 rings (SSSR count). The van der Waals surface area contributed by atoms with Gasteiger partial charge in [-0.05, 0) is 38.4 Å². The molecule has 7 nitrogen and oxygen atoms in total. The van der Waals surface area contributed by atoms with Gasteiger partial charge in [-0.15, -0.1) is 0 Å². The first-order valence-electron chi connectivity index (χ1n) is 8.47. The minimum absolute atomic E-state index is 0.506. The van der Waals surface area contributed by atoms with Gasteiger partial charge in [-0.3, -0.25) is 4.90 Å². The molecule has 0 spiro atoms. The molecule has 0 aliphatic carbocycles. The van der Waals surface area contributed by atoms with Crippen molar-refractivity contribution in [1.29, 1.82) is 0 Å². The van der Waals surface area contributed by atoms with E-state index in [-0.39, 0.29) is 0 Å². The van der Waals surface area contributed by atoms with Crippen LogP contribution >= 0.6 is 0 Å². The van der Waals surface area contributed by atoms with Crippen LogP contribution in [0.4, 0.5) is 0 Å². The molecular weight excluding hydrogens is 318 g/mol. The smallest absolute Gasteiger partial charge is 0.226 e. The van der Waals surface area contributed by atoms with Crippen molar-refractivity contribution in [3.05, 3.63) is 53.7 Å². The fourth-order valence-corrected chi connectivity index (χ4v) is 3.38. The largest absolute Gasteiger partial charge is 0.441 e. The predicted molar refractivity (Wildman–Crippen MR) is 91.5 cm³/mol. The number of H-pyrrole nitrogens is 1. The third kappa shape index (κ3) is 3.20. The van der Waals surface area contributed by atoms with Crippen molar-refractivity contribution in [1.82, 2.24) is 25.3 Å². The molecule has 1 aliphatic rings. The van der Waals surface area contributed by atoms with E-state index in [1.54, 1.807) is 6.20 Å². The Kier molecular flexibility index (Phi) is 4.10. The summed E-state index contributed by atoms with van der Waals surface area (Å²) in [5.41, 5.74) is 1.50. The average Bonchev–Trinajstić information content (AvgIpc) is 3.27. The molecule has 2 aromatic heterocycles. The number of aryl methyl sites for hydroxylation is 1. The molecule has 1 fully saturated rings. The zero-order chi connectivity index (χ0) is 17.3. The Morgan fingerprint density at radius 3 is 2.92 bits per heavy atom. The number of oxazole rings is 1. The Balaban J connectivity index is 1.52. The van der Waals surface area contributed by atoms with Gasteiger partial charge in [0, 0.05) is 18.7 Å². The lowest BCUT2D eigenvalue weighted by Gasteiger charge is -2.37.